The lowest BCUT2D eigenvalue weighted by Gasteiger charge is -2.23. The Morgan fingerprint density at radius 2 is 1.71 bits per heavy atom. The van der Waals surface area contributed by atoms with Gasteiger partial charge in [-0.15, -0.1) is 0 Å². The molecule has 0 aliphatic rings. The zero-order valence-electron chi connectivity index (χ0n) is 14.0. The van der Waals surface area contributed by atoms with E-state index < -0.39 is 0 Å². The minimum absolute atomic E-state index is 0.0160. The van der Waals surface area contributed by atoms with Crippen molar-refractivity contribution in [2.24, 2.45) is 0 Å². The largest absolute Gasteiger partial charge is 0.491 e. The van der Waals surface area contributed by atoms with E-state index in [1.165, 1.54) is 0 Å². The van der Waals surface area contributed by atoms with E-state index in [4.69, 9.17) is 4.74 Å². The Bertz CT molecular complexity index is 447. The van der Waals surface area contributed by atoms with Crippen LogP contribution in [-0.2, 0) is 11.3 Å². The number of nitrogens with one attached hydrogen (secondary N) is 2. The molecule has 1 aromatic carbocycles. The van der Waals surface area contributed by atoms with Gasteiger partial charge in [-0.2, -0.15) is 0 Å². The number of carbonyl (C=O) groups is 1. The Kier molecular flexibility index (Phi) is 6.21. The van der Waals surface area contributed by atoms with E-state index in [0.29, 0.717) is 6.54 Å². The third kappa shape index (κ3) is 7.14. The van der Waals surface area contributed by atoms with Crippen LogP contribution in [0.25, 0.3) is 0 Å². The van der Waals surface area contributed by atoms with Crippen LogP contribution in [0.3, 0.4) is 0 Å². The highest BCUT2D eigenvalue weighted by Gasteiger charge is 2.18. The van der Waals surface area contributed by atoms with Gasteiger partial charge in [-0.1, -0.05) is 12.1 Å². The summed E-state index contributed by atoms with van der Waals surface area (Å²) < 4.78 is 5.60. The first-order valence-corrected chi connectivity index (χ1v) is 7.48. The maximum absolute atomic E-state index is 12.0. The van der Waals surface area contributed by atoms with Crippen molar-refractivity contribution in [2.45, 2.75) is 65.8 Å². The number of hydrogen-bond donors (Lipinski definition) is 2. The van der Waals surface area contributed by atoms with Gasteiger partial charge in [0.05, 0.1) is 12.1 Å². The summed E-state index contributed by atoms with van der Waals surface area (Å²) in [6.07, 6.45) is 0.176. The molecule has 1 amide bonds. The molecule has 0 aromatic heterocycles. The van der Waals surface area contributed by atoms with Gasteiger partial charge < -0.3 is 15.4 Å². The van der Waals surface area contributed by atoms with Crippen molar-refractivity contribution >= 4 is 5.91 Å². The Morgan fingerprint density at radius 3 is 2.19 bits per heavy atom. The summed E-state index contributed by atoms with van der Waals surface area (Å²) in [6.45, 7) is 12.5. The summed E-state index contributed by atoms with van der Waals surface area (Å²) in [7, 11) is 0. The van der Waals surface area contributed by atoms with Crippen LogP contribution in [0.15, 0.2) is 24.3 Å². The predicted molar refractivity (Wildman–Crippen MR) is 86.4 cm³/mol. The van der Waals surface area contributed by atoms with E-state index in [9.17, 15) is 4.79 Å². The van der Waals surface area contributed by atoms with Gasteiger partial charge in [0.2, 0.25) is 5.91 Å². The van der Waals surface area contributed by atoms with Crippen LogP contribution in [-0.4, -0.2) is 23.6 Å². The fourth-order valence-corrected chi connectivity index (χ4v) is 1.80. The van der Waals surface area contributed by atoms with E-state index in [2.05, 4.69) is 10.6 Å². The molecule has 0 radical (unpaired) electrons. The normalized spacial score (nSPS) is 13.1. The van der Waals surface area contributed by atoms with Crippen LogP contribution in [0.5, 0.6) is 5.75 Å². The molecule has 4 heteroatoms. The Morgan fingerprint density at radius 1 is 1.14 bits per heavy atom. The molecular formula is C17H28N2O2. The first-order valence-electron chi connectivity index (χ1n) is 7.48. The van der Waals surface area contributed by atoms with Gasteiger partial charge in [0.25, 0.3) is 0 Å². The second-order valence-electron chi connectivity index (χ2n) is 6.65. The third-order valence-electron chi connectivity index (χ3n) is 2.80. The van der Waals surface area contributed by atoms with Crippen molar-refractivity contribution < 1.29 is 9.53 Å². The fourth-order valence-electron chi connectivity index (χ4n) is 1.80. The van der Waals surface area contributed by atoms with Gasteiger partial charge in [0.1, 0.15) is 5.75 Å². The quantitative estimate of drug-likeness (QED) is 0.847. The standard InChI is InChI=1S/C17H28N2O2/c1-12(2)21-15-9-7-14(8-10-15)11-18-13(3)16(20)19-17(4,5)6/h7-10,12-13,18H,11H2,1-6H3,(H,19,20). The van der Waals surface area contributed by atoms with Crippen LogP contribution in [0.2, 0.25) is 0 Å². The zero-order chi connectivity index (χ0) is 16.0. The molecule has 1 unspecified atom stereocenters. The molecule has 1 atom stereocenters. The Balaban J connectivity index is 2.46. The first-order chi connectivity index (χ1) is 9.67. The Hall–Kier alpha value is -1.55. The second kappa shape index (κ2) is 7.46. The first kappa shape index (κ1) is 17.5. The molecule has 118 valence electrons. The van der Waals surface area contributed by atoms with E-state index in [0.717, 1.165) is 11.3 Å². The van der Waals surface area contributed by atoms with E-state index in [1.54, 1.807) is 0 Å². The summed E-state index contributed by atoms with van der Waals surface area (Å²) in [4.78, 5) is 12.0. The molecule has 0 bridgehead atoms. The summed E-state index contributed by atoms with van der Waals surface area (Å²) in [6, 6.07) is 7.71. The van der Waals surface area contributed by atoms with Crippen molar-refractivity contribution in [2.75, 3.05) is 0 Å². The van der Waals surface area contributed by atoms with Crippen LogP contribution in [0.1, 0.15) is 47.1 Å². The monoisotopic (exact) mass is 292 g/mol. The molecule has 0 fully saturated rings. The maximum Gasteiger partial charge on any atom is 0.237 e. The van der Waals surface area contributed by atoms with Crippen molar-refractivity contribution in [3.8, 4) is 5.75 Å². The van der Waals surface area contributed by atoms with Crippen molar-refractivity contribution in [3.05, 3.63) is 29.8 Å². The molecule has 0 saturated heterocycles. The summed E-state index contributed by atoms with van der Waals surface area (Å²) in [5, 5.41) is 6.19. The average Bonchev–Trinajstić information content (AvgIpc) is 2.34. The predicted octanol–water partition coefficient (Wildman–Crippen LogP) is 2.87. The Labute approximate surface area is 128 Å². The fraction of sp³-hybridized carbons (Fsp3) is 0.588. The lowest BCUT2D eigenvalue weighted by Crippen LogP contribution is -2.49. The van der Waals surface area contributed by atoms with Gasteiger partial charge in [-0.25, -0.2) is 0 Å². The van der Waals surface area contributed by atoms with Gasteiger partial charge in [0, 0.05) is 12.1 Å². The second-order valence-corrected chi connectivity index (χ2v) is 6.65. The number of amides is 1. The van der Waals surface area contributed by atoms with Gasteiger partial charge in [0.15, 0.2) is 0 Å². The van der Waals surface area contributed by atoms with E-state index >= 15 is 0 Å². The molecule has 0 heterocycles. The highest BCUT2D eigenvalue weighted by atomic mass is 16.5. The number of carbonyl (C=O) groups excluding carboxylic acids is 1. The van der Waals surface area contributed by atoms with Crippen LogP contribution < -0.4 is 15.4 Å². The van der Waals surface area contributed by atoms with Gasteiger partial charge in [-0.05, 0) is 59.2 Å². The molecule has 21 heavy (non-hydrogen) atoms. The lowest BCUT2D eigenvalue weighted by molar-refractivity contribution is -0.124. The topological polar surface area (TPSA) is 50.4 Å². The molecule has 0 aliphatic heterocycles. The van der Waals surface area contributed by atoms with Gasteiger partial charge in [-0.3, -0.25) is 4.79 Å². The molecular weight excluding hydrogens is 264 g/mol. The summed E-state index contributed by atoms with van der Waals surface area (Å²) in [5.74, 6) is 0.884. The minimum atomic E-state index is -0.226. The van der Waals surface area contributed by atoms with Crippen molar-refractivity contribution in [3.63, 3.8) is 0 Å². The molecule has 1 aromatic rings. The lowest BCUT2D eigenvalue weighted by atomic mass is 10.1. The highest BCUT2D eigenvalue weighted by molar-refractivity contribution is 5.81. The molecule has 0 saturated carbocycles. The SMILES string of the molecule is CC(C)Oc1ccc(CNC(C)C(=O)NC(C)(C)C)cc1. The minimum Gasteiger partial charge on any atom is -0.491 e. The van der Waals surface area contributed by atoms with E-state index in [-0.39, 0.29) is 23.6 Å². The molecule has 0 aliphatic carbocycles. The van der Waals surface area contributed by atoms with E-state index in [1.807, 2.05) is 65.8 Å². The van der Waals surface area contributed by atoms with Crippen molar-refractivity contribution in [1.82, 2.24) is 10.6 Å². The zero-order valence-corrected chi connectivity index (χ0v) is 14.0. The molecule has 0 spiro atoms. The number of rotatable bonds is 6. The molecule has 1 rings (SSSR count). The summed E-state index contributed by atoms with van der Waals surface area (Å²) >= 11 is 0. The number of hydrogen-bond acceptors (Lipinski definition) is 3. The van der Waals surface area contributed by atoms with Gasteiger partial charge >= 0.3 is 0 Å². The molecule has 4 nitrogen and oxygen atoms in total. The van der Waals surface area contributed by atoms with Crippen LogP contribution in [0, 0.1) is 0 Å². The average molecular weight is 292 g/mol. The summed E-state index contributed by atoms with van der Waals surface area (Å²) in [5.41, 5.74) is 0.921. The number of ether oxygens (including phenoxy) is 1. The maximum atomic E-state index is 12.0. The number of benzene rings is 1. The highest BCUT2D eigenvalue weighted by Crippen LogP contribution is 2.13. The molecule has 2 N–H and O–H groups in total. The van der Waals surface area contributed by atoms with Crippen molar-refractivity contribution in [1.29, 1.82) is 0 Å². The third-order valence-corrected chi connectivity index (χ3v) is 2.80. The smallest absolute Gasteiger partial charge is 0.237 e. The van der Waals surface area contributed by atoms with Crippen LogP contribution >= 0.6 is 0 Å². The van der Waals surface area contributed by atoms with Crippen LogP contribution in [0.4, 0.5) is 0 Å².